The quantitative estimate of drug-likeness (QED) is 0.872. The molecular formula is C13H15N3O2. The third kappa shape index (κ3) is 1.55. The Morgan fingerprint density at radius 3 is 2.89 bits per heavy atom. The van der Waals surface area contributed by atoms with Crippen molar-refractivity contribution in [1.29, 1.82) is 0 Å². The number of imidazole rings is 1. The Hall–Kier alpha value is -2.01. The molecule has 1 aliphatic heterocycles. The topological polar surface area (TPSA) is 62.3 Å². The van der Waals surface area contributed by atoms with Crippen molar-refractivity contribution < 1.29 is 9.47 Å². The third-order valence-electron chi connectivity index (χ3n) is 3.28. The number of fused-ring (bicyclic) bond motifs is 1. The van der Waals surface area contributed by atoms with Crippen molar-refractivity contribution in [2.45, 2.75) is 13.5 Å². The molecule has 2 N–H and O–H groups in total. The molecule has 1 aromatic heterocycles. The number of nitrogens with two attached hydrogens (primary N) is 1. The SMILES string of the molecule is Cc1nc(-c2ccc3c(c2)OCO3)c(CN)n1C. The van der Waals surface area contributed by atoms with Crippen LogP contribution >= 0.6 is 0 Å². The van der Waals surface area contributed by atoms with Crippen LogP contribution in [0.15, 0.2) is 18.2 Å². The number of hydrogen-bond acceptors (Lipinski definition) is 4. The monoisotopic (exact) mass is 245 g/mol. The Kier molecular flexibility index (Phi) is 2.48. The largest absolute Gasteiger partial charge is 0.454 e. The Morgan fingerprint density at radius 1 is 1.33 bits per heavy atom. The van der Waals surface area contributed by atoms with Gasteiger partial charge in [0.05, 0.1) is 11.4 Å². The number of benzene rings is 1. The van der Waals surface area contributed by atoms with Crippen molar-refractivity contribution >= 4 is 0 Å². The van der Waals surface area contributed by atoms with E-state index >= 15 is 0 Å². The third-order valence-corrected chi connectivity index (χ3v) is 3.28. The van der Waals surface area contributed by atoms with Gasteiger partial charge in [0.15, 0.2) is 11.5 Å². The van der Waals surface area contributed by atoms with Crippen LogP contribution < -0.4 is 15.2 Å². The van der Waals surface area contributed by atoms with Crippen LogP contribution in [0.2, 0.25) is 0 Å². The number of nitrogens with zero attached hydrogens (tertiary/aromatic N) is 2. The molecule has 5 nitrogen and oxygen atoms in total. The molecule has 3 rings (SSSR count). The van der Waals surface area contributed by atoms with E-state index < -0.39 is 0 Å². The van der Waals surface area contributed by atoms with Gasteiger partial charge in [0, 0.05) is 19.2 Å². The standard InChI is InChI=1S/C13H15N3O2/c1-8-15-13(10(6-14)16(8)2)9-3-4-11-12(5-9)18-7-17-11/h3-5H,6-7,14H2,1-2H3. The van der Waals surface area contributed by atoms with Crippen LogP contribution in [0.3, 0.4) is 0 Å². The van der Waals surface area contributed by atoms with E-state index in [1.54, 1.807) is 0 Å². The Morgan fingerprint density at radius 2 is 2.11 bits per heavy atom. The number of rotatable bonds is 2. The molecule has 0 radical (unpaired) electrons. The maximum absolute atomic E-state index is 5.80. The second-order valence-corrected chi connectivity index (χ2v) is 4.29. The van der Waals surface area contributed by atoms with E-state index in [-0.39, 0.29) is 6.79 Å². The summed E-state index contributed by atoms with van der Waals surface area (Å²) in [4.78, 5) is 4.56. The summed E-state index contributed by atoms with van der Waals surface area (Å²) in [6.45, 7) is 2.71. The summed E-state index contributed by atoms with van der Waals surface area (Å²) in [6.07, 6.45) is 0. The first-order chi connectivity index (χ1) is 8.70. The van der Waals surface area contributed by atoms with Crippen molar-refractivity contribution in [3.05, 3.63) is 29.7 Å². The molecule has 0 aliphatic carbocycles. The first-order valence-electron chi connectivity index (χ1n) is 5.83. The van der Waals surface area contributed by atoms with Gasteiger partial charge in [-0.1, -0.05) is 0 Å². The number of aromatic nitrogens is 2. The molecular weight excluding hydrogens is 230 g/mol. The molecule has 0 spiro atoms. The van der Waals surface area contributed by atoms with Gasteiger partial charge in [0.2, 0.25) is 6.79 Å². The predicted octanol–water partition coefficient (Wildman–Crippen LogP) is 1.58. The summed E-state index contributed by atoms with van der Waals surface area (Å²) >= 11 is 0. The summed E-state index contributed by atoms with van der Waals surface area (Å²) in [5, 5.41) is 0. The predicted molar refractivity (Wildman–Crippen MR) is 67.4 cm³/mol. The van der Waals surface area contributed by atoms with Crippen LogP contribution in [0, 0.1) is 6.92 Å². The minimum atomic E-state index is 0.282. The van der Waals surface area contributed by atoms with Gasteiger partial charge < -0.3 is 19.8 Å². The molecule has 18 heavy (non-hydrogen) atoms. The summed E-state index contributed by atoms with van der Waals surface area (Å²) in [5.41, 5.74) is 8.73. The normalized spacial score (nSPS) is 13.1. The lowest BCUT2D eigenvalue weighted by molar-refractivity contribution is 0.174. The zero-order valence-corrected chi connectivity index (χ0v) is 10.4. The molecule has 0 saturated heterocycles. The van der Waals surface area contributed by atoms with E-state index in [0.29, 0.717) is 6.54 Å². The fourth-order valence-electron chi connectivity index (χ4n) is 2.16. The lowest BCUT2D eigenvalue weighted by Crippen LogP contribution is -2.05. The van der Waals surface area contributed by atoms with Crippen LogP contribution in [0.1, 0.15) is 11.5 Å². The average Bonchev–Trinajstić information content (AvgIpc) is 2.94. The van der Waals surface area contributed by atoms with E-state index in [1.165, 1.54) is 0 Å². The first-order valence-corrected chi connectivity index (χ1v) is 5.83. The fraction of sp³-hybridized carbons (Fsp3) is 0.308. The Labute approximate surface area is 105 Å². The van der Waals surface area contributed by atoms with E-state index in [0.717, 1.165) is 34.3 Å². The highest BCUT2D eigenvalue weighted by atomic mass is 16.7. The van der Waals surface area contributed by atoms with Gasteiger partial charge in [0.1, 0.15) is 5.82 Å². The van der Waals surface area contributed by atoms with E-state index in [4.69, 9.17) is 15.2 Å². The molecule has 0 amide bonds. The van der Waals surface area contributed by atoms with Gasteiger partial charge in [0.25, 0.3) is 0 Å². The maximum Gasteiger partial charge on any atom is 0.231 e. The van der Waals surface area contributed by atoms with Gasteiger partial charge >= 0.3 is 0 Å². The van der Waals surface area contributed by atoms with Crippen LogP contribution in [-0.4, -0.2) is 16.3 Å². The molecule has 5 heteroatoms. The maximum atomic E-state index is 5.80. The zero-order valence-electron chi connectivity index (χ0n) is 10.4. The van der Waals surface area contributed by atoms with Crippen LogP contribution in [0.4, 0.5) is 0 Å². The van der Waals surface area contributed by atoms with Gasteiger partial charge in [-0.15, -0.1) is 0 Å². The molecule has 2 aromatic rings. The molecule has 1 aliphatic rings. The average molecular weight is 245 g/mol. The van der Waals surface area contributed by atoms with Crippen LogP contribution in [0.5, 0.6) is 11.5 Å². The molecule has 0 bridgehead atoms. The van der Waals surface area contributed by atoms with E-state index in [9.17, 15) is 0 Å². The van der Waals surface area contributed by atoms with Crippen molar-refractivity contribution in [3.8, 4) is 22.8 Å². The first kappa shape index (κ1) is 11.1. The molecule has 0 unspecified atom stereocenters. The van der Waals surface area contributed by atoms with Crippen molar-refractivity contribution in [2.75, 3.05) is 6.79 Å². The lowest BCUT2D eigenvalue weighted by Gasteiger charge is -2.04. The zero-order chi connectivity index (χ0) is 12.7. The van der Waals surface area contributed by atoms with E-state index in [1.807, 2.05) is 36.7 Å². The highest BCUT2D eigenvalue weighted by Crippen LogP contribution is 2.36. The Balaban J connectivity index is 2.12. The molecule has 0 atom stereocenters. The fourth-order valence-corrected chi connectivity index (χ4v) is 2.16. The smallest absolute Gasteiger partial charge is 0.231 e. The highest BCUT2D eigenvalue weighted by Gasteiger charge is 2.17. The summed E-state index contributed by atoms with van der Waals surface area (Å²) in [5.74, 6) is 2.49. The van der Waals surface area contributed by atoms with Crippen molar-refractivity contribution in [3.63, 3.8) is 0 Å². The van der Waals surface area contributed by atoms with Crippen molar-refractivity contribution in [2.24, 2.45) is 12.8 Å². The van der Waals surface area contributed by atoms with Crippen LogP contribution in [-0.2, 0) is 13.6 Å². The summed E-state index contributed by atoms with van der Waals surface area (Å²) in [7, 11) is 1.97. The highest BCUT2D eigenvalue weighted by molar-refractivity contribution is 5.66. The Bertz CT molecular complexity index is 605. The van der Waals surface area contributed by atoms with Gasteiger partial charge in [-0.2, -0.15) is 0 Å². The summed E-state index contributed by atoms with van der Waals surface area (Å²) in [6, 6.07) is 5.83. The molecule has 1 aromatic carbocycles. The second kappa shape index (κ2) is 4.03. The molecule has 94 valence electrons. The van der Waals surface area contributed by atoms with Gasteiger partial charge in [-0.3, -0.25) is 0 Å². The van der Waals surface area contributed by atoms with Crippen LogP contribution in [0.25, 0.3) is 11.3 Å². The number of hydrogen-bond donors (Lipinski definition) is 1. The summed E-state index contributed by atoms with van der Waals surface area (Å²) < 4.78 is 12.7. The van der Waals surface area contributed by atoms with E-state index in [2.05, 4.69) is 4.98 Å². The van der Waals surface area contributed by atoms with Crippen molar-refractivity contribution in [1.82, 2.24) is 9.55 Å². The molecule has 0 saturated carbocycles. The minimum Gasteiger partial charge on any atom is -0.454 e. The molecule has 0 fully saturated rings. The van der Waals surface area contributed by atoms with Gasteiger partial charge in [-0.25, -0.2) is 4.98 Å². The number of ether oxygens (including phenoxy) is 2. The molecule has 2 heterocycles. The second-order valence-electron chi connectivity index (χ2n) is 4.29. The lowest BCUT2D eigenvalue weighted by atomic mass is 10.1. The number of aryl methyl sites for hydroxylation is 1. The minimum absolute atomic E-state index is 0.282. The van der Waals surface area contributed by atoms with Gasteiger partial charge in [-0.05, 0) is 25.1 Å².